The lowest BCUT2D eigenvalue weighted by Crippen LogP contribution is -2.44. The maximum atomic E-state index is 13.0. The fourth-order valence-electron chi connectivity index (χ4n) is 3.30. The van der Waals surface area contributed by atoms with Gasteiger partial charge in [0.2, 0.25) is 5.91 Å². The molecule has 0 radical (unpaired) electrons. The number of anilines is 3. The Morgan fingerprint density at radius 1 is 0.892 bits per heavy atom. The normalized spacial score (nSPS) is 11.9. The van der Waals surface area contributed by atoms with Gasteiger partial charge in [-0.15, -0.1) is 0 Å². The number of nitrogens with one attached hydrogen (secondary N) is 2. The number of sulfonamides is 1. The van der Waals surface area contributed by atoms with Crippen molar-refractivity contribution in [3.8, 4) is 0 Å². The van der Waals surface area contributed by atoms with Crippen molar-refractivity contribution in [2.45, 2.75) is 18.7 Å². The lowest BCUT2D eigenvalue weighted by Gasteiger charge is -2.28. The van der Waals surface area contributed by atoms with Crippen LogP contribution in [0.25, 0.3) is 0 Å². The van der Waals surface area contributed by atoms with E-state index in [0.717, 1.165) is 14.2 Å². The van der Waals surface area contributed by atoms with E-state index in [0.29, 0.717) is 16.3 Å². The van der Waals surface area contributed by atoms with E-state index in [-0.39, 0.29) is 21.3 Å². The summed E-state index contributed by atoms with van der Waals surface area (Å²) in [7, 11) is -5.18. The summed E-state index contributed by atoms with van der Waals surface area (Å²) >= 11 is 11.9. The second-order valence-corrected chi connectivity index (χ2v) is 13.0. The SMILES string of the molecule is Cc1ccc(C)c(N(CC(=O)Nc2ccc(S(=O)(=O)Nc3ccc(Cl)cc3Cl)cc2)S(=O)(=O)N(C)C)c1. The monoisotopic (exact) mass is 584 g/mol. The summed E-state index contributed by atoms with van der Waals surface area (Å²) in [6.07, 6.45) is 0. The largest absolute Gasteiger partial charge is 0.325 e. The first-order valence-electron chi connectivity index (χ1n) is 10.9. The number of halogens is 2. The summed E-state index contributed by atoms with van der Waals surface area (Å²) < 4.78 is 56.0. The number of amides is 1. The third-order valence-corrected chi connectivity index (χ3v) is 9.02. The molecule has 0 heterocycles. The minimum atomic E-state index is -3.98. The molecule has 3 rings (SSSR count). The average molecular weight is 586 g/mol. The molecular weight excluding hydrogens is 559 g/mol. The Bertz CT molecular complexity index is 1530. The molecule has 3 aromatic carbocycles. The molecule has 0 atom stereocenters. The zero-order valence-electron chi connectivity index (χ0n) is 20.5. The highest BCUT2D eigenvalue weighted by atomic mass is 35.5. The van der Waals surface area contributed by atoms with Gasteiger partial charge in [-0.2, -0.15) is 12.7 Å². The van der Waals surface area contributed by atoms with Crippen LogP contribution in [-0.4, -0.2) is 47.7 Å². The first-order chi connectivity index (χ1) is 17.2. The Balaban J connectivity index is 1.79. The minimum Gasteiger partial charge on any atom is -0.325 e. The number of carbonyl (C=O) groups is 1. The molecule has 0 unspecified atom stereocenters. The van der Waals surface area contributed by atoms with Crippen molar-refractivity contribution in [3.05, 3.63) is 81.8 Å². The minimum absolute atomic E-state index is 0.0660. The molecule has 3 aromatic rings. The van der Waals surface area contributed by atoms with Gasteiger partial charge in [-0.05, 0) is 73.5 Å². The maximum Gasteiger partial charge on any atom is 0.304 e. The Morgan fingerprint density at radius 3 is 2.14 bits per heavy atom. The second kappa shape index (κ2) is 11.3. The van der Waals surface area contributed by atoms with Crippen molar-refractivity contribution >= 4 is 66.4 Å². The molecule has 0 fully saturated rings. The van der Waals surface area contributed by atoms with Crippen molar-refractivity contribution in [2.75, 3.05) is 35.0 Å². The molecule has 9 nitrogen and oxygen atoms in total. The first kappa shape index (κ1) is 28.7. The van der Waals surface area contributed by atoms with Crippen LogP contribution in [0.2, 0.25) is 10.0 Å². The highest BCUT2D eigenvalue weighted by Crippen LogP contribution is 2.28. The van der Waals surface area contributed by atoms with Crippen LogP contribution >= 0.6 is 23.2 Å². The predicted molar refractivity (Wildman–Crippen MR) is 148 cm³/mol. The molecule has 0 aliphatic carbocycles. The van der Waals surface area contributed by atoms with Crippen LogP contribution in [0.1, 0.15) is 11.1 Å². The molecule has 37 heavy (non-hydrogen) atoms. The molecule has 0 saturated heterocycles. The van der Waals surface area contributed by atoms with Crippen LogP contribution in [-0.2, 0) is 25.0 Å². The molecule has 13 heteroatoms. The van der Waals surface area contributed by atoms with Crippen LogP contribution in [0.4, 0.5) is 17.1 Å². The van der Waals surface area contributed by atoms with E-state index in [1.807, 2.05) is 13.0 Å². The molecule has 2 N–H and O–H groups in total. The van der Waals surface area contributed by atoms with Gasteiger partial charge in [0.05, 0.1) is 21.3 Å². The maximum absolute atomic E-state index is 13.0. The zero-order chi connectivity index (χ0) is 27.5. The third-order valence-electron chi connectivity index (χ3n) is 5.28. The van der Waals surface area contributed by atoms with E-state index in [9.17, 15) is 21.6 Å². The number of hydrogen-bond acceptors (Lipinski definition) is 5. The van der Waals surface area contributed by atoms with E-state index >= 15 is 0 Å². The van der Waals surface area contributed by atoms with Crippen LogP contribution in [0.3, 0.4) is 0 Å². The number of rotatable bonds is 9. The van der Waals surface area contributed by atoms with Gasteiger partial charge in [0.15, 0.2) is 0 Å². The lowest BCUT2D eigenvalue weighted by molar-refractivity contribution is -0.114. The summed E-state index contributed by atoms with van der Waals surface area (Å²) in [6.45, 7) is 3.10. The first-order valence-corrected chi connectivity index (χ1v) is 14.5. The third kappa shape index (κ3) is 6.93. The molecule has 198 valence electrons. The molecule has 0 saturated carbocycles. The number of carbonyl (C=O) groups excluding carboxylic acids is 1. The van der Waals surface area contributed by atoms with Crippen molar-refractivity contribution in [2.24, 2.45) is 0 Å². The second-order valence-electron chi connectivity index (χ2n) is 8.39. The van der Waals surface area contributed by atoms with Crippen LogP contribution in [0, 0.1) is 13.8 Å². The van der Waals surface area contributed by atoms with Gasteiger partial charge in [0.1, 0.15) is 6.54 Å². The zero-order valence-corrected chi connectivity index (χ0v) is 23.6. The topological polar surface area (TPSA) is 116 Å². The van der Waals surface area contributed by atoms with Crippen molar-refractivity contribution in [3.63, 3.8) is 0 Å². The predicted octanol–water partition coefficient (Wildman–Crippen LogP) is 4.66. The van der Waals surface area contributed by atoms with Crippen molar-refractivity contribution < 1.29 is 21.6 Å². The smallest absolute Gasteiger partial charge is 0.304 e. The summed E-state index contributed by atoms with van der Waals surface area (Å²) in [6, 6.07) is 15.1. The van der Waals surface area contributed by atoms with Gasteiger partial charge >= 0.3 is 10.2 Å². The van der Waals surface area contributed by atoms with E-state index in [1.54, 1.807) is 19.1 Å². The van der Waals surface area contributed by atoms with Gasteiger partial charge in [-0.3, -0.25) is 9.52 Å². The Labute approximate surface area is 227 Å². The molecule has 0 spiro atoms. The van der Waals surface area contributed by atoms with Gasteiger partial charge in [-0.1, -0.05) is 35.3 Å². The number of aryl methyl sites for hydroxylation is 2. The standard InChI is InChI=1S/C24H26Cl2N4O5S2/c1-16-5-6-17(2)23(13-16)30(37(34,35)29(3)4)15-24(31)27-19-8-10-20(11-9-19)36(32,33)28-22-12-7-18(25)14-21(22)26/h5-14,28H,15H2,1-4H3,(H,27,31). The highest BCUT2D eigenvalue weighted by molar-refractivity contribution is 7.92. The summed E-state index contributed by atoms with van der Waals surface area (Å²) in [5, 5.41) is 3.12. The number of hydrogen-bond donors (Lipinski definition) is 2. The molecular formula is C24H26Cl2N4O5S2. The van der Waals surface area contributed by atoms with E-state index in [4.69, 9.17) is 23.2 Å². The Hall–Kier alpha value is -2.83. The van der Waals surface area contributed by atoms with E-state index in [1.165, 1.54) is 56.6 Å². The van der Waals surface area contributed by atoms with Crippen molar-refractivity contribution in [1.29, 1.82) is 0 Å². The fourth-order valence-corrected chi connectivity index (χ4v) is 6.01. The summed E-state index contributed by atoms with van der Waals surface area (Å²) in [5.74, 6) is -0.604. The van der Waals surface area contributed by atoms with Gasteiger partial charge < -0.3 is 5.32 Å². The lowest BCUT2D eigenvalue weighted by atomic mass is 10.1. The highest BCUT2D eigenvalue weighted by Gasteiger charge is 2.28. The average Bonchev–Trinajstić information content (AvgIpc) is 2.81. The van der Waals surface area contributed by atoms with E-state index in [2.05, 4.69) is 10.0 Å². The van der Waals surface area contributed by atoms with Crippen LogP contribution in [0.5, 0.6) is 0 Å². The number of nitrogens with zero attached hydrogens (tertiary/aromatic N) is 2. The molecule has 1 amide bonds. The van der Waals surface area contributed by atoms with Gasteiger partial charge in [-0.25, -0.2) is 12.7 Å². The van der Waals surface area contributed by atoms with Crippen LogP contribution in [0.15, 0.2) is 65.6 Å². The summed E-state index contributed by atoms with van der Waals surface area (Å²) in [4.78, 5) is 12.8. The van der Waals surface area contributed by atoms with Gasteiger partial charge in [0, 0.05) is 24.8 Å². The number of benzene rings is 3. The Morgan fingerprint density at radius 2 is 1.54 bits per heavy atom. The van der Waals surface area contributed by atoms with Crippen LogP contribution < -0.4 is 14.3 Å². The van der Waals surface area contributed by atoms with Crippen molar-refractivity contribution in [1.82, 2.24) is 4.31 Å². The fraction of sp³-hybridized carbons (Fsp3) is 0.208. The molecule has 0 aliphatic rings. The molecule has 0 aromatic heterocycles. The molecule has 0 aliphatic heterocycles. The summed E-state index contributed by atoms with van der Waals surface area (Å²) in [5.41, 5.74) is 2.36. The van der Waals surface area contributed by atoms with Gasteiger partial charge in [0.25, 0.3) is 10.0 Å². The quantitative estimate of drug-likeness (QED) is 0.379. The molecule has 0 bridgehead atoms. The van der Waals surface area contributed by atoms with E-state index < -0.39 is 32.7 Å². The Kier molecular flexibility index (Phi) is 8.76.